The van der Waals surface area contributed by atoms with Crippen molar-refractivity contribution in [3.63, 3.8) is 0 Å². The molecule has 0 aliphatic carbocycles. The van der Waals surface area contributed by atoms with Gasteiger partial charge in [-0.2, -0.15) is 0 Å². The molecule has 1 aromatic carbocycles. The highest BCUT2D eigenvalue weighted by molar-refractivity contribution is 5.79. The van der Waals surface area contributed by atoms with Crippen molar-refractivity contribution >= 4 is 6.29 Å². The maximum absolute atomic E-state index is 13.3. The van der Waals surface area contributed by atoms with Crippen LogP contribution in [-0.2, 0) is 0 Å². The van der Waals surface area contributed by atoms with Gasteiger partial charge in [-0.15, -0.1) is 0 Å². The van der Waals surface area contributed by atoms with Crippen LogP contribution >= 0.6 is 0 Å². The molecule has 88 valence electrons. The zero-order valence-corrected chi connectivity index (χ0v) is 9.13. The Bertz CT molecular complexity index is 364. The van der Waals surface area contributed by atoms with Crippen molar-refractivity contribution in [2.75, 3.05) is 6.61 Å². The quantitative estimate of drug-likeness (QED) is 0.551. The largest absolute Gasteiger partial charge is 0.490 e. The lowest BCUT2D eigenvalue weighted by atomic mass is 10.2. The standard InChI is InChI=1S/C12H14F2O2/c1-2-3-4-5-16-12-9(8-15)6-10(13)7-11(12)14/h6-8H,2-5H2,1H3. The van der Waals surface area contributed by atoms with Crippen LogP contribution in [0.4, 0.5) is 8.78 Å². The Hall–Kier alpha value is -1.45. The normalized spacial score (nSPS) is 10.2. The Morgan fingerprint density at radius 1 is 1.31 bits per heavy atom. The molecular weight excluding hydrogens is 214 g/mol. The number of carbonyl (C=O) groups is 1. The maximum atomic E-state index is 13.3. The smallest absolute Gasteiger partial charge is 0.168 e. The van der Waals surface area contributed by atoms with Gasteiger partial charge in [0.05, 0.1) is 12.2 Å². The molecule has 0 aromatic heterocycles. The maximum Gasteiger partial charge on any atom is 0.168 e. The minimum Gasteiger partial charge on any atom is -0.490 e. The minimum absolute atomic E-state index is 0.0889. The molecule has 0 fully saturated rings. The predicted octanol–water partition coefficient (Wildman–Crippen LogP) is 3.35. The highest BCUT2D eigenvalue weighted by Crippen LogP contribution is 2.23. The molecular formula is C12H14F2O2. The fraction of sp³-hybridized carbons (Fsp3) is 0.417. The van der Waals surface area contributed by atoms with E-state index in [0.717, 1.165) is 25.3 Å². The summed E-state index contributed by atoms with van der Waals surface area (Å²) in [5.41, 5.74) is -0.0889. The third kappa shape index (κ3) is 3.29. The Morgan fingerprint density at radius 2 is 2.06 bits per heavy atom. The van der Waals surface area contributed by atoms with E-state index in [1.165, 1.54) is 0 Å². The Labute approximate surface area is 93.2 Å². The molecule has 0 radical (unpaired) electrons. The highest BCUT2D eigenvalue weighted by atomic mass is 19.1. The van der Waals surface area contributed by atoms with Crippen LogP contribution in [0, 0.1) is 11.6 Å². The molecule has 0 spiro atoms. The van der Waals surface area contributed by atoms with Crippen LogP contribution in [0.1, 0.15) is 36.5 Å². The highest BCUT2D eigenvalue weighted by Gasteiger charge is 2.11. The van der Waals surface area contributed by atoms with Crippen molar-refractivity contribution in [1.29, 1.82) is 0 Å². The van der Waals surface area contributed by atoms with E-state index in [4.69, 9.17) is 4.74 Å². The number of benzene rings is 1. The Kier molecular flexibility index (Phi) is 4.89. The van der Waals surface area contributed by atoms with E-state index in [1.54, 1.807) is 0 Å². The molecule has 0 N–H and O–H groups in total. The zero-order valence-electron chi connectivity index (χ0n) is 9.13. The second kappa shape index (κ2) is 6.20. The van der Waals surface area contributed by atoms with E-state index in [1.807, 2.05) is 6.92 Å². The first-order chi connectivity index (χ1) is 7.69. The monoisotopic (exact) mass is 228 g/mol. The number of halogens is 2. The van der Waals surface area contributed by atoms with Gasteiger partial charge in [0.15, 0.2) is 17.9 Å². The number of ether oxygens (including phenoxy) is 1. The number of rotatable bonds is 6. The molecule has 1 aromatic rings. The molecule has 0 aliphatic rings. The van der Waals surface area contributed by atoms with Crippen LogP contribution in [0.25, 0.3) is 0 Å². The van der Waals surface area contributed by atoms with Gasteiger partial charge >= 0.3 is 0 Å². The van der Waals surface area contributed by atoms with Gasteiger partial charge in [0.1, 0.15) is 5.82 Å². The van der Waals surface area contributed by atoms with Crippen molar-refractivity contribution in [1.82, 2.24) is 0 Å². The van der Waals surface area contributed by atoms with Gasteiger partial charge < -0.3 is 4.74 Å². The van der Waals surface area contributed by atoms with E-state index in [9.17, 15) is 13.6 Å². The van der Waals surface area contributed by atoms with Crippen molar-refractivity contribution in [3.8, 4) is 5.75 Å². The molecule has 1 rings (SSSR count). The van der Waals surface area contributed by atoms with Crippen LogP contribution in [-0.4, -0.2) is 12.9 Å². The minimum atomic E-state index is -0.835. The topological polar surface area (TPSA) is 26.3 Å². The van der Waals surface area contributed by atoms with Gasteiger partial charge in [-0.1, -0.05) is 19.8 Å². The summed E-state index contributed by atoms with van der Waals surface area (Å²) < 4.78 is 31.2. The summed E-state index contributed by atoms with van der Waals surface area (Å²) in [7, 11) is 0. The zero-order chi connectivity index (χ0) is 12.0. The summed E-state index contributed by atoms with van der Waals surface area (Å²) >= 11 is 0. The Balaban J connectivity index is 2.74. The van der Waals surface area contributed by atoms with Gasteiger partial charge in [0.25, 0.3) is 0 Å². The van der Waals surface area contributed by atoms with Gasteiger partial charge in [0.2, 0.25) is 0 Å². The van der Waals surface area contributed by atoms with E-state index in [-0.39, 0.29) is 11.3 Å². The van der Waals surface area contributed by atoms with Gasteiger partial charge in [-0.05, 0) is 12.5 Å². The average molecular weight is 228 g/mol. The van der Waals surface area contributed by atoms with E-state index >= 15 is 0 Å². The van der Waals surface area contributed by atoms with Crippen LogP contribution in [0.5, 0.6) is 5.75 Å². The molecule has 0 saturated heterocycles. The van der Waals surface area contributed by atoms with Gasteiger partial charge in [-0.25, -0.2) is 8.78 Å². The van der Waals surface area contributed by atoms with Crippen molar-refractivity contribution in [2.45, 2.75) is 26.2 Å². The van der Waals surface area contributed by atoms with Crippen molar-refractivity contribution < 1.29 is 18.3 Å². The summed E-state index contributed by atoms with van der Waals surface area (Å²) in [6, 6.07) is 1.67. The van der Waals surface area contributed by atoms with Crippen LogP contribution in [0.3, 0.4) is 0 Å². The number of hydrogen-bond acceptors (Lipinski definition) is 2. The fourth-order valence-corrected chi connectivity index (χ4v) is 1.35. The molecule has 0 unspecified atom stereocenters. The number of hydrogen-bond donors (Lipinski definition) is 0. The lowest BCUT2D eigenvalue weighted by Gasteiger charge is -2.09. The first-order valence-electron chi connectivity index (χ1n) is 5.26. The third-order valence-corrected chi connectivity index (χ3v) is 2.16. The summed E-state index contributed by atoms with van der Waals surface area (Å²) in [5.74, 6) is -1.77. The average Bonchev–Trinajstić information content (AvgIpc) is 2.26. The molecule has 0 amide bonds. The number of aldehydes is 1. The molecule has 0 heterocycles. The molecule has 16 heavy (non-hydrogen) atoms. The predicted molar refractivity (Wildman–Crippen MR) is 56.8 cm³/mol. The fourth-order valence-electron chi connectivity index (χ4n) is 1.35. The second-order valence-corrected chi connectivity index (χ2v) is 3.48. The molecule has 0 saturated carbocycles. The third-order valence-electron chi connectivity index (χ3n) is 2.16. The summed E-state index contributed by atoms with van der Waals surface area (Å²) in [5, 5.41) is 0. The van der Waals surface area contributed by atoms with E-state index in [2.05, 4.69) is 0 Å². The molecule has 4 heteroatoms. The lowest BCUT2D eigenvalue weighted by Crippen LogP contribution is -2.03. The number of carbonyl (C=O) groups excluding carboxylic acids is 1. The van der Waals surface area contributed by atoms with Crippen LogP contribution in [0.15, 0.2) is 12.1 Å². The Morgan fingerprint density at radius 3 is 2.69 bits per heavy atom. The van der Waals surface area contributed by atoms with Crippen LogP contribution < -0.4 is 4.74 Å². The SMILES string of the molecule is CCCCCOc1c(F)cc(F)cc1C=O. The van der Waals surface area contributed by atoms with E-state index in [0.29, 0.717) is 19.0 Å². The molecule has 2 nitrogen and oxygen atoms in total. The first kappa shape index (κ1) is 12.6. The van der Waals surface area contributed by atoms with Gasteiger partial charge in [-0.3, -0.25) is 4.79 Å². The van der Waals surface area contributed by atoms with Crippen molar-refractivity contribution in [2.24, 2.45) is 0 Å². The number of unbranched alkanes of at least 4 members (excludes halogenated alkanes) is 2. The molecule has 0 bridgehead atoms. The lowest BCUT2D eigenvalue weighted by molar-refractivity contribution is 0.111. The van der Waals surface area contributed by atoms with Crippen molar-refractivity contribution in [3.05, 3.63) is 29.3 Å². The second-order valence-electron chi connectivity index (χ2n) is 3.48. The van der Waals surface area contributed by atoms with Gasteiger partial charge in [0, 0.05) is 6.07 Å². The molecule has 0 aliphatic heterocycles. The van der Waals surface area contributed by atoms with E-state index < -0.39 is 11.6 Å². The summed E-state index contributed by atoms with van der Waals surface area (Å²) in [6.07, 6.45) is 3.17. The first-order valence-corrected chi connectivity index (χ1v) is 5.26. The molecule has 0 atom stereocenters. The summed E-state index contributed by atoms with van der Waals surface area (Å²) in [6.45, 7) is 2.37. The summed E-state index contributed by atoms with van der Waals surface area (Å²) in [4.78, 5) is 10.6. The van der Waals surface area contributed by atoms with Crippen LogP contribution in [0.2, 0.25) is 0 Å².